The minimum absolute atomic E-state index is 0.201. The van der Waals surface area contributed by atoms with Gasteiger partial charge in [0.05, 0.1) is 12.2 Å². The number of aliphatic carboxylic acids is 1. The fourth-order valence-corrected chi connectivity index (χ4v) is 2.16. The van der Waals surface area contributed by atoms with E-state index in [1.807, 2.05) is 48.6 Å². The summed E-state index contributed by atoms with van der Waals surface area (Å²) in [6.07, 6.45) is 23.7. The molecule has 0 aliphatic carbocycles. The van der Waals surface area contributed by atoms with E-state index in [2.05, 4.69) is 6.92 Å². The Labute approximate surface area is 157 Å². The molecule has 2 unspecified atom stereocenters. The molecule has 0 aromatic heterocycles. The van der Waals surface area contributed by atoms with Gasteiger partial charge >= 0.3 is 5.97 Å². The third kappa shape index (κ3) is 18.4. The maximum absolute atomic E-state index is 10.4. The van der Waals surface area contributed by atoms with Gasteiger partial charge in [-0.15, -0.1) is 0 Å². The van der Waals surface area contributed by atoms with E-state index in [1.54, 1.807) is 12.2 Å². The number of hydrogen-bond acceptors (Lipinski definition) is 3. The summed E-state index contributed by atoms with van der Waals surface area (Å²) in [4.78, 5) is 10.4. The van der Waals surface area contributed by atoms with Crippen LogP contribution in [0.4, 0.5) is 0 Å². The lowest BCUT2D eigenvalue weighted by Gasteiger charge is -2.03. The van der Waals surface area contributed by atoms with Crippen molar-refractivity contribution < 1.29 is 20.1 Å². The van der Waals surface area contributed by atoms with Crippen LogP contribution >= 0.6 is 0 Å². The predicted molar refractivity (Wildman–Crippen MR) is 108 cm³/mol. The lowest BCUT2D eigenvalue weighted by molar-refractivity contribution is -0.137. The number of carbonyl (C=O) groups is 1. The predicted octanol–water partition coefficient (Wildman–Crippen LogP) is 4.71. The van der Waals surface area contributed by atoms with Crippen LogP contribution in [0.25, 0.3) is 0 Å². The number of aliphatic hydroxyl groups is 2. The lowest BCUT2D eigenvalue weighted by atomic mass is 10.1. The van der Waals surface area contributed by atoms with Gasteiger partial charge in [0.1, 0.15) is 0 Å². The van der Waals surface area contributed by atoms with Crippen molar-refractivity contribution in [3.63, 3.8) is 0 Å². The zero-order valence-electron chi connectivity index (χ0n) is 15.8. The average molecular weight is 363 g/mol. The quantitative estimate of drug-likeness (QED) is 0.224. The van der Waals surface area contributed by atoms with Crippen LogP contribution in [0.3, 0.4) is 0 Å². The van der Waals surface area contributed by atoms with Crippen LogP contribution in [0.15, 0.2) is 60.8 Å². The molecule has 0 rings (SSSR count). The number of carboxylic acid groups (broad SMARTS) is 1. The summed E-state index contributed by atoms with van der Waals surface area (Å²) in [6, 6.07) is 0. The van der Waals surface area contributed by atoms with Crippen molar-refractivity contribution in [1.82, 2.24) is 0 Å². The van der Waals surface area contributed by atoms with E-state index < -0.39 is 18.2 Å². The highest BCUT2D eigenvalue weighted by molar-refractivity contribution is 5.66. The van der Waals surface area contributed by atoms with Crippen LogP contribution < -0.4 is 0 Å². The molecule has 0 amide bonds. The molecule has 26 heavy (non-hydrogen) atoms. The zero-order chi connectivity index (χ0) is 19.5. The highest BCUT2D eigenvalue weighted by atomic mass is 16.4. The molecule has 0 heterocycles. The molecule has 0 aromatic carbocycles. The molecule has 146 valence electrons. The Morgan fingerprint density at radius 2 is 1.50 bits per heavy atom. The summed E-state index contributed by atoms with van der Waals surface area (Å²) < 4.78 is 0. The smallest absolute Gasteiger partial charge is 0.303 e. The summed E-state index contributed by atoms with van der Waals surface area (Å²) in [5, 5.41) is 28.0. The van der Waals surface area contributed by atoms with Gasteiger partial charge in [-0.25, -0.2) is 0 Å². The van der Waals surface area contributed by atoms with E-state index in [4.69, 9.17) is 5.11 Å². The Morgan fingerprint density at radius 3 is 2.12 bits per heavy atom. The normalized spacial score (nSPS) is 15.2. The van der Waals surface area contributed by atoms with E-state index in [0.717, 1.165) is 25.7 Å². The van der Waals surface area contributed by atoms with Crippen molar-refractivity contribution in [2.75, 3.05) is 0 Å². The monoisotopic (exact) mass is 362 g/mol. The molecule has 0 spiro atoms. The largest absolute Gasteiger partial charge is 0.481 e. The third-order valence-corrected chi connectivity index (χ3v) is 3.60. The molecule has 0 fully saturated rings. The molecule has 0 radical (unpaired) electrons. The maximum atomic E-state index is 10.4. The average Bonchev–Trinajstić information content (AvgIpc) is 2.60. The number of carboxylic acids is 1. The van der Waals surface area contributed by atoms with E-state index >= 15 is 0 Å². The van der Waals surface area contributed by atoms with E-state index in [-0.39, 0.29) is 6.42 Å². The third-order valence-electron chi connectivity index (χ3n) is 3.60. The summed E-state index contributed by atoms with van der Waals surface area (Å²) in [5.41, 5.74) is 0. The Bertz CT molecular complexity index is 486. The molecule has 4 heteroatoms. The molecule has 0 saturated heterocycles. The van der Waals surface area contributed by atoms with Crippen molar-refractivity contribution in [3.05, 3.63) is 60.8 Å². The molecular weight excluding hydrogens is 328 g/mol. The number of hydrogen-bond donors (Lipinski definition) is 3. The molecule has 0 aliphatic heterocycles. The molecule has 2 atom stereocenters. The van der Waals surface area contributed by atoms with Crippen LogP contribution in [0.2, 0.25) is 0 Å². The molecular formula is C22H34O4. The first-order chi connectivity index (χ1) is 12.6. The van der Waals surface area contributed by atoms with Crippen molar-refractivity contribution in [2.45, 2.75) is 70.5 Å². The van der Waals surface area contributed by atoms with Crippen LogP contribution in [-0.2, 0) is 4.79 Å². The first-order valence-corrected chi connectivity index (χ1v) is 9.45. The Hall–Kier alpha value is -1.91. The van der Waals surface area contributed by atoms with Gasteiger partial charge < -0.3 is 15.3 Å². The van der Waals surface area contributed by atoms with Crippen molar-refractivity contribution >= 4 is 5.97 Å². The number of rotatable bonds is 15. The van der Waals surface area contributed by atoms with Gasteiger partial charge in [0, 0.05) is 6.42 Å². The molecule has 0 saturated carbocycles. The second-order valence-corrected chi connectivity index (χ2v) is 6.10. The van der Waals surface area contributed by atoms with E-state index in [9.17, 15) is 15.0 Å². The summed E-state index contributed by atoms with van der Waals surface area (Å²) >= 11 is 0. The van der Waals surface area contributed by atoms with Gasteiger partial charge in [-0.1, -0.05) is 80.5 Å². The molecule has 0 aromatic rings. The standard InChI is InChI=1S/C22H34O4/c1-2-3-10-15-20(23)16-11-7-5-4-6-8-12-17-21(24)18-13-9-14-19-22(25)26/h3,5-8,10-12,16-17,20-21,23-24H,2,4,9,13-15,18-19H2,1H3,(H,25,26)/b7-5+,8-6+,10-3+,16-11+,17-12+. The van der Waals surface area contributed by atoms with Crippen LogP contribution in [0, 0.1) is 0 Å². The van der Waals surface area contributed by atoms with E-state index in [0.29, 0.717) is 19.3 Å². The van der Waals surface area contributed by atoms with Crippen molar-refractivity contribution in [2.24, 2.45) is 0 Å². The van der Waals surface area contributed by atoms with Gasteiger partial charge in [-0.2, -0.15) is 0 Å². The number of allylic oxidation sites excluding steroid dienone is 7. The molecule has 0 bridgehead atoms. The highest BCUT2D eigenvalue weighted by Crippen LogP contribution is 2.07. The Balaban J connectivity index is 3.76. The summed E-state index contributed by atoms with van der Waals surface area (Å²) in [7, 11) is 0. The Morgan fingerprint density at radius 1 is 0.846 bits per heavy atom. The Kier molecular flexibility index (Phi) is 16.6. The maximum Gasteiger partial charge on any atom is 0.303 e. The van der Waals surface area contributed by atoms with Gasteiger partial charge in [-0.3, -0.25) is 4.79 Å². The van der Waals surface area contributed by atoms with Crippen molar-refractivity contribution in [1.29, 1.82) is 0 Å². The van der Waals surface area contributed by atoms with E-state index in [1.165, 1.54) is 0 Å². The minimum Gasteiger partial charge on any atom is -0.481 e. The molecule has 0 aliphatic rings. The first kappa shape index (κ1) is 24.1. The van der Waals surface area contributed by atoms with Crippen molar-refractivity contribution in [3.8, 4) is 0 Å². The van der Waals surface area contributed by atoms with Crippen LogP contribution in [-0.4, -0.2) is 33.5 Å². The number of unbranched alkanes of at least 4 members (excludes halogenated alkanes) is 2. The molecule has 4 nitrogen and oxygen atoms in total. The second kappa shape index (κ2) is 17.9. The van der Waals surface area contributed by atoms with Gasteiger partial charge in [0.25, 0.3) is 0 Å². The van der Waals surface area contributed by atoms with Gasteiger partial charge in [0.15, 0.2) is 0 Å². The summed E-state index contributed by atoms with van der Waals surface area (Å²) in [6.45, 7) is 2.07. The SMILES string of the molecule is CC/C=C/CC(O)/C=C/C=C/C/C=C/C=C/C(O)CCCCCC(=O)O. The highest BCUT2D eigenvalue weighted by Gasteiger charge is 2.00. The van der Waals surface area contributed by atoms with Gasteiger partial charge in [-0.05, 0) is 32.1 Å². The fraction of sp³-hybridized carbons (Fsp3) is 0.500. The lowest BCUT2D eigenvalue weighted by Crippen LogP contribution is -2.01. The van der Waals surface area contributed by atoms with Crippen LogP contribution in [0.1, 0.15) is 58.3 Å². The van der Waals surface area contributed by atoms with Gasteiger partial charge in [0.2, 0.25) is 0 Å². The van der Waals surface area contributed by atoms with Crippen LogP contribution in [0.5, 0.6) is 0 Å². The topological polar surface area (TPSA) is 77.8 Å². The summed E-state index contributed by atoms with van der Waals surface area (Å²) in [5.74, 6) is -0.763. The minimum atomic E-state index is -0.763. The second-order valence-electron chi connectivity index (χ2n) is 6.10. The first-order valence-electron chi connectivity index (χ1n) is 9.45. The zero-order valence-corrected chi connectivity index (χ0v) is 15.8. The fourth-order valence-electron chi connectivity index (χ4n) is 2.16. The molecule has 3 N–H and O–H groups in total. The number of aliphatic hydroxyl groups excluding tert-OH is 2.